The molecular formula is C4H10N2OSi. The molecule has 1 amide bonds. The Labute approximate surface area is 50.5 Å². The van der Waals surface area contributed by atoms with E-state index >= 15 is 0 Å². The second kappa shape index (κ2) is 2.28. The number of hydrogen-bond acceptors (Lipinski definition) is 2. The van der Waals surface area contributed by atoms with Crippen LogP contribution in [0.1, 0.15) is 0 Å². The molecule has 1 rings (SSSR count). The number of rotatable bonds is 1. The molecule has 1 heterocycles. The number of nitrogens with two attached hydrogens (primary N) is 1. The number of carbonyl (C=O) groups is 1. The Morgan fingerprint density at radius 1 is 1.88 bits per heavy atom. The predicted molar refractivity (Wildman–Crippen MR) is 34.3 cm³/mol. The monoisotopic (exact) mass is 130 g/mol. The first-order valence-electron chi connectivity index (χ1n) is 2.83. The summed E-state index contributed by atoms with van der Waals surface area (Å²) in [7, 11) is 0.0410. The summed E-state index contributed by atoms with van der Waals surface area (Å²) in [6, 6.07) is 1.07. The van der Waals surface area contributed by atoms with Gasteiger partial charge in [0.1, 0.15) is 0 Å². The quantitative estimate of drug-likeness (QED) is 0.403. The van der Waals surface area contributed by atoms with E-state index in [4.69, 9.17) is 5.73 Å². The lowest BCUT2D eigenvalue weighted by Gasteiger charge is -2.01. The van der Waals surface area contributed by atoms with Crippen LogP contribution in [-0.2, 0) is 4.79 Å². The molecule has 1 atom stereocenters. The second-order valence-electron chi connectivity index (χ2n) is 2.05. The Kier molecular flexibility index (Phi) is 1.64. The molecule has 0 aliphatic carbocycles. The van der Waals surface area contributed by atoms with Crippen molar-refractivity contribution in [3.63, 3.8) is 0 Å². The SMILES string of the molecule is NC(=O)C1C[SiH2]CN1. The van der Waals surface area contributed by atoms with Crippen molar-refractivity contribution < 1.29 is 4.79 Å². The molecule has 0 aromatic heterocycles. The van der Waals surface area contributed by atoms with Gasteiger partial charge in [0.15, 0.2) is 0 Å². The largest absolute Gasteiger partial charge is 0.368 e. The molecule has 3 nitrogen and oxygen atoms in total. The summed E-state index contributed by atoms with van der Waals surface area (Å²) in [5, 5.41) is 3.04. The zero-order valence-electron chi connectivity index (χ0n) is 4.68. The van der Waals surface area contributed by atoms with E-state index in [0.717, 1.165) is 12.2 Å². The molecule has 8 heavy (non-hydrogen) atoms. The average Bonchev–Trinajstić information content (AvgIpc) is 2.12. The molecule has 0 saturated carbocycles. The van der Waals surface area contributed by atoms with Gasteiger partial charge in [0, 0.05) is 9.52 Å². The van der Waals surface area contributed by atoms with Crippen molar-refractivity contribution in [3.05, 3.63) is 0 Å². The normalized spacial score (nSPS) is 31.2. The zero-order chi connectivity index (χ0) is 5.98. The van der Waals surface area contributed by atoms with Gasteiger partial charge in [-0.15, -0.1) is 0 Å². The molecule has 1 unspecified atom stereocenters. The Bertz CT molecular complexity index is 100. The van der Waals surface area contributed by atoms with Gasteiger partial charge >= 0.3 is 0 Å². The molecule has 46 valence electrons. The highest BCUT2D eigenvalue weighted by molar-refractivity contribution is 6.38. The second-order valence-corrected chi connectivity index (χ2v) is 3.84. The van der Waals surface area contributed by atoms with Crippen molar-refractivity contribution >= 4 is 15.4 Å². The van der Waals surface area contributed by atoms with Crippen molar-refractivity contribution in [2.45, 2.75) is 12.1 Å². The molecule has 1 fully saturated rings. The van der Waals surface area contributed by atoms with Crippen molar-refractivity contribution in [1.82, 2.24) is 5.32 Å². The van der Waals surface area contributed by atoms with Crippen LogP contribution in [0.4, 0.5) is 0 Å². The Morgan fingerprint density at radius 3 is 2.88 bits per heavy atom. The third-order valence-corrected chi connectivity index (χ3v) is 3.03. The van der Waals surface area contributed by atoms with Crippen molar-refractivity contribution in [2.24, 2.45) is 5.73 Å². The molecular weight excluding hydrogens is 120 g/mol. The van der Waals surface area contributed by atoms with Crippen molar-refractivity contribution in [3.8, 4) is 0 Å². The molecule has 3 N–H and O–H groups in total. The van der Waals surface area contributed by atoms with Crippen LogP contribution < -0.4 is 11.1 Å². The van der Waals surface area contributed by atoms with Crippen molar-refractivity contribution in [2.75, 3.05) is 6.17 Å². The van der Waals surface area contributed by atoms with Crippen LogP contribution in [-0.4, -0.2) is 27.6 Å². The molecule has 0 aromatic rings. The van der Waals surface area contributed by atoms with Crippen LogP contribution in [0.15, 0.2) is 0 Å². The van der Waals surface area contributed by atoms with E-state index in [1.54, 1.807) is 0 Å². The van der Waals surface area contributed by atoms with Gasteiger partial charge in [-0.25, -0.2) is 0 Å². The Balaban J connectivity index is 2.35. The summed E-state index contributed by atoms with van der Waals surface area (Å²) in [5.74, 6) is -0.185. The summed E-state index contributed by atoms with van der Waals surface area (Å²) >= 11 is 0. The maximum atomic E-state index is 10.4. The first kappa shape index (κ1) is 5.78. The highest BCUT2D eigenvalue weighted by Gasteiger charge is 2.18. The van der Waals surface area contributed by atoms with Crippen LogP contribution in [0, 0.1) is 0 Å². The van der Waals surface area contributed by atoms with Crippen molar-refractivity contribution in [1.29, 1.82) is 0 Å². The first-order chi connectivity index (χ1) is 3.80. The Hall–Kier alpha value is -0.353. The van der Waals surface area contributed by atoms with E-state index in [9.17, 15) is 4.79 Å². The van der Waals surface area contributed by atoms with Gasteiger partial charge in [-0.2, -0.15) is 0 Å². The van der Waals surface area contributed by atoms with E-state index in [2.05, 4.69) is 5.32 Å². The fourth-order valence-corrected chi connectivity index (χ4v) is 2.58. The van der Waals surface area contributed by atoms with Crippen LogP contribution in [0.3, 0.4) is 0 Å². The van der Waals surface area contributed by atoms with E-state index in [0.29, 0.717) is 0 Å². The third-order valence-electron chi connectivity index (χ3n) is 1.40. The van der Waals surface area contributed by atoms with Gasteiger partial charge in [-0.1, -0.05) is 0 Å². The molecule has 0 bridgehead atoms. The number of carbonyl (C=O) groups excluding carboxylic acids is 1. The van der Waals surface area contributed by atoms with E-state index in [1.165, 1.54) is 0 Å². The number of primary amides is 1. The van der Waals surface area contributed by atoms with Gasteiger partial charge in [0.05, 0.1) is 6.04 Å². The summed E-state index contributed by atoms with van der Waals surface area (Å²) in [6.07, 6.45) is 1.08. The molecule has 4 heteroatoms. The minimum absolute atomic E-state index is 0.0154. The number of amides is 1. The lowest BCUT2D eigenvalue weighted by Crippen LogP contribution is -2.35. The summed E-state index contributed by atoms with van der Waals surface area (Å²) < 4.78 is 0. The van der Waals surface area contributed by atoms with Crippen LogP contribution in [0.25, 0.3) is 0 Å². The van der Waals surface area contributed by atoms with Gasteiger partial charge in [0.2, 0.25) is 5.91 Å². The maximum absolute atomic E-state index is 10.4. The summed E-state index contributed by atoms with van der Waals surface area (Å²) in [5.41, 5.74) is 5.02. The third kappa shape index (κ3) is 1.08. The van der Waals surface area contributed by atoms with Gasteiger partial charge in [-0.05, 0) is 12.2 Å². The summed E-state index contributed by atoms with van der Waals surface area (Å²) in [4.78, 5) is 10.4. The van der Waals surface area contributed by atoms with Crippen LogP contribution in [0.5, 0.6) is 0 Å². The smallest absolute Gasteiger partial charge is 0.234 e. The standard InChI is InChI=1S/C4H10N2OSi/c5-4(7)3-1-8-2-6-3/h3,6H,1-2,8H2,(H2,5,7). The van der Waals surface area contributed by atoms with Gasteiger partial charge < -0.3 is 11.1 Å². The fraction of sp³-hybridized carbons (Fsp3) is 0.750. The zero-order valence-corrected chi connectivity index (χ0v) is 6.10. The molecule has 0 aromatic carbocycles. The summed E-state index contributed by atoms with van der Waals surface area (Å²) in [6.45, 7) is 0. The Morgan fingerprint density at radius 2 is 2.62 bits per heavy atom. The number of nitrogens with one attached hydrogen (secondary N) is 1. The predicted octanol–water partition coefficient (Wildman–Crippen LogP) is -2.01. The lowest BCUT2D eigenvalue weighted by molar-refractivity contribution is -0.119. The molecule has 1 saturated heterocycles. The highest BCUT2D eigenvalue weighted by Crippen LogP contribution is 1.95. The molecule has 0 spiro atoms. The molecule has 0 radical (unpaired) electrons. The van der Waals surface area contributed by atoms with Crippen LogP contribution in [0.2, 0.25) is 6.04 Å². The molecule has 1 aliphatic heterocycles. The first-order valence-corrected chi connectivity index (χ1v) is 4.83. The minimum atomic E-state index is -0.185. The van der Waals surface area contributed by atoms with E-state index in [-0.39, 0.29) is 21.5 Å². The highest BCUT2D eigenvalue weighted by atomic mass is 28.2. The average molecular weight is 130 g/mol. The van der Waals surface area contributed by atoms with Crippen LogP contribution >= 0.6 is 0 Å². The molecule has 1 aliphatic rings. The van der Waals surface area contributed by atoms with Gasteiger partial charge in [-0.3, -0.25) is 4.79 Å². The number of hydrogen-bond donors (Lipinski definition) is 2. The topological polar surface area (TPSA) is 55.1 Å². The van der Waals surface area contributed by atoms with E-state index < -0.39 is 0 Å². The fourth-order valence-electron chi connectivity index (χ4n) is 0.927. The van der Waals surface area contributed by atoms with E-state index in [1.807, 2.05) is 0 Å². The lowest BCUT2D eigenvalue weighted by atomic mass is 10.3. The van der Waals surface area contributed by atoms with Gasteiger partial charge in [0.25, 0.3) is 0 Å². The minimum Gasteiger partial charge on any atom is -0.368 e. The maximum Gasteiger partial charge on any atom is 0.234 e.